The van der Waals surface area contributed by atoms with Gasteiger partial charge in [0.2, 0.25) is 0 Å². The summed E-state index contributed by atoms with van der Waals surface area (Å²) in [4.78, 5) is 15.5. The molecule has 0 saturated carbocycles. The first-order valence-corrected chi connectivity index (χ1v) is 18.1. The largest absolute Gasteiger partial charge is 0.485 e. The van der Waals surface area contributed by atoms with Gasteiger partial charge in [-0.25, -0.2) is 15.0 Å². The third-order valence-electron chi connectivity index (χ3n) is 10.9. The average Bonchev–Trinajstić information content (AvgIpc) is 3.62. The molecule has 0 saturated heterocycles. The molecular weight excluding hydrogens is 647 g/mol. The number of benzene rings is 8. The van der Waals surface area contributed by atoms with E-state index in [9.17, 15) is 0 Å². The summed E-state index contributed by atoms with van der Waals surface area (Å²) in [6.07, 6.45) is 6.48. The first-order valence-electron chi connectivity index (χ1n) is 18.1. The van der Waals surface area contributed by atoms with Crippen LogP contribution >= 0.6 is 0 Å². The van der Waals surface area contributed by atoms with Crippen molar-refractivity contribution in [1.82, 2.24) is 15.0 Å². The molecule has 2 unspecified atom stereocenters. The Morgan fingerprint density at radius 2 is 0.887 bits per heavy atom. The van der Waals surface area contributed by atoms with E-state index in [1.165, 1.54) is 54.2 Å². The first-order chi connectivity index (χ1) is 26.2. The van der Waals surface area contributed by atoms with Crippen LogP contribution in [0.1, 0.15) is 17.0 Å². The normalized spacial score (nSPS) is 16.1. The number of nitrogens with zero attached hydrogens (tertiary/aromatic N) is 3. The molecule has 53 heavy (non-hydrogen) atoms. The van der Waals surface area contributed by atoms with Crippen molar-refractivity contribution in [2.75, 3.05) is 0 Å². The van der Waals surface area contributed by atoms with Gasteiger partial charge >= 0.3 is 0 Å². The minimum absolute atomic E-state index is 0.00104. The van der Waals surface area contributed by atoms with E-state index in [4.69, 9.17) is 19.7 Å². The number of para-hydroxylation sites is 1. The summed E-state index contributed by atoms with van der Waals surface area (Å²) in [5.74, 6) is 3.04. The van der Waals surface area contributed by atoms with E-state index in [1.54, 1.807) is 0 Å². The second-order valence-corrected chi connectivity index (χ2v) is 13.9. The highest BCUT2D eigenvalue weighted by Crippen LogP contribution is 2.48. The molecule has 1 aromatic heterocycles. The van der Waals surface area contributed by atoms with Gasteiger partial charge in [-0.05, 0) is 78.5 Å². The van der Waals surface area contributed by atoms with Crippen LogP contribution in [-0.4, -0.2) is 21.1 Å². The van der Waals surface area contributed by atoms with Crippen LogP contribution in [0.5, 0.6) is 5.75 Å². The number of rotatable bonds is 4. The summed E-state index contributed by atoms with van der Waals surface area (Å²) in [6, 6.07) is 55.8. The highest BCUT2D eigenvalue weighted by molar-refractivity contribution is 6.09. The van der Waals surface area contributed by atoms with Crippen LogP contribution in [0.2, 0.25) is 0 Å². The van der Waals surface area contributed by atoms with Crippen LogP contribution in [0.4, 0.5) is 0 Å². The Labute approximate surface area is 306 Å². The van der Waals surface area contributed by atoms with Crippen molar-refractivity contribution in [1.29, 1.82) is 0 Å². The van der Waals surface area contributed by atoms with Gasteiger partial charge < -0.3 is 4.74 Å². The summed E-state index contributed by atoms with van der Waals surface area (Å²) >= 11 is 0. The van der Waals surface area contributed by atoms with Crippen molar-refractivity contribution in [2.45, 2.75) is 12.0 Å². The van der Waals surface area contributed by atoms with E-state index in [1.807, 2.05) is 6.07 Å². The predicted octanol–water partition coefficient (Wildman–Crippen LogP) is 12.0. The molecule has 4 heteroatoms. The van der Waals surface area contributed by atoms with Gasteiger partial charge in [0.15, 0.2) is 17.5 Å². The maximum Gasteiger partial charge on any atom is 0.164 e. The van der Waals surface area contributed by atoms with Crippen molar-refractivity contribution in [3.63, 3.8) is 0 Å². The molecule has 9 aromatic rings. The van der Waals surface area contributed by atoms with Crippen molar-refractivity contribution in [2.24, 2.45) is 0 Å². The Hall–Kier alpha value is -6.91. The lowest BCUT2D eigenvalue weighted by molar-refractivity contribution is 0.271. The van der Waals surface area contributed by atoms with Crippen LogP contribution in [0.15, 0.2) is 176 Å². The molecule has 1 aliphatic carbocycles. The molecule has 2 atom stereocenters. The van der Waals surface area contributed by atoms with Gasteiger partial charge in [-0.3, -0.25) is 0 Å². The Kier molecular flexibility index (Phi) is 6.65. The quantitative estimate of drug-likeness (QED) is 0.174. The highest BCUT2D eigenvalue weighted by atomic mass is 16.5. The first kappa shape index (κ1) is 29.8. The third kappa shape index (κ3) is 4.95. The summed E-state index contributed by atoms with van der Waals surface area (Å²) in [5, 5.41) is 9.56. The van der Waals surface area contributed by atoms with Gasteiger partial charge in [-0.1, -0.05) is 152 Å². The number of hydrogen-bond donors (Lipinski definition) is 0. The van der Waals surface area contributed by atoms with Crippen LogP contribution in [0.3, 0.4) is 0 Å². The fourth-order valence-electron chi connectivity index (χ4n) is 8.24. The van der Waals surface area contributed by atoms with E-state index in [2.05, 4.69) is 170 Å². The fraction of sp³-hybridized carbons (Fsp3) is 0.0408. The molecule has 0 bridgehead atoms. The molecule has 11 rings (SSSR count). The van der Waals surface area contributed by atoms with Crippen LogP contribution in [-0.2, 0) is 0 Å². The molecule has 0 spiro atoms. The predicted molar refractivity (Wildman–Crippen MR) is 217 cm³/mol. The molecule has 4 nitrogen and oxygen atoms in total. The van der Waals surface area contributed by atoms with E-state index in [-0.39, 0.29) is 12.0 Å². The van der Waals surface area contributed by atoms with Crippen molar-refractivity contribution >= 4 is 48.7 Å². The maximum absolute atomic E-state index is 6.31. The molecule has 0 fully saturated rings. The minimum atomic E-state index is -0.00104. The summed E-state index contributed by atoms with van der Waals surface area (Å²) in [5.41, 5.74) is 6.47. The SMILES string of the molecule is C1=CC2Oc3ccccc3C2C(c2ccc(-c3nc(-c4ccc5ccc6ccccc6c5c4)nc(-c4ccc5ccc6ccccc6c5c4)n3)cc2)=C1. The zero-order valence-corrected chi connectivity index (χ0v) is 28.6. The summed E-state index contributed by atoms with van der Waals surface area (Å²) < 4.78 is 6.31. The monoisotopic (exact) mass is 677 g/mol. The number of allylic oxidation sites excluding steroid dienone is 2. The summed E-state index contributed by atoms with van der Waals surface area (Å²) in [6.45, 7) is 0. The second-order valence-electron chi connectivity index (χ2n) is 13.9. The molecule has 8 aromatic carbocycles. The number of fused-ring (bicyclic) bond motifs is 9. The summed E-state index contributed by atoms with van der Waals surface area (Å²) in [7, 11) is 0. The lowest BCUT2D eigenvalue weighted by atomic mass is 9.81. The van der Waals surface area contributed by atoms with Crippen LogP contribution in [0, 0.1) is 0 Å². The number of aromatic nitrogens is 3. The van der Waals surface area contributed by atoms with Gasteiger partial charge in [0.05, 0.1) is 5.92 Å². The third-order valence-corrected chi connectivity index (χ3v) is 10.9. The molecule has 0 N–H and O–H groups in total. The Balaban J connectivity index is 1.06. The molecule has 248 valence electrons. The smallest absolute Gasteiger partial charge is 0.164 e. The van der Waals surface area contributed by atoms with Gasteiger partial charge in [0.1, 0.15) is 11.9 Å². The molecule has 0 radical (unpaired) electrons. The van der Waals surface area contributed by atoms with Crippen molar-refractivity contribution in [3.8, 4) is 39.9 Å². The van der Waals surface area contributed by atoms with Gasteiger partial charge in [-0.2, -0.15) is 0 Å². The van der Waals surface area contributed by atoms with Gasteiger partial charge in [0.25, 0.3) is 0 Å². The lowest BCUT2D eigenvalue weighted by Crippen LogP contribution is -2.19. The molecule has 1 aliphatic heterocycles. The topological polar surface area (TPSA) is 47.9 Å². The van der Waals surface area contributed by atoms with E-state index < -0.39 is 0 Å². The molecule has 2 heterocycles. The zero-order chi connectivity index (χ0) is 34.9. The van der Waals surface area contributed by atoms with Crippen molar-refractivity contribution in [3.05, 3.63) is 187 Å². The number of hydrogen-bond acceptors (Lipinski definition) is 4. The standard InChI is InChI=1S/C49H31N3O/c1-3-10-38-30(8-1)16-18-33-22-26-36(28-42(33)38)48-50-47(51-49(52-48)37-27-23-34-19-17-31-9-2-4-11-39(31)43(34)29-37)35-24-20-32(21-25-35)40-13-7-15-45-46(40)41-12-5-6-14-44(41)53-45/h1-29,45-46H. The molecular formula is C49H31N3O. The number of ether oxygens (including phenoxy) is 1. The van der Waals surface area contributed by atoms with Crippen LogP contribution < -0.4 is 4.74 Å². The Morgan fingerprint density at radius 1 is 0.415 bits per heavy atom. The Morgan fingerprint density at radius 3 is 1.51 bits per heavy atom. The average molecular weight is 678 g/mol. The molecule has 0 amide bonds. The van der Waals surface area contributed by atoms with E-state index in [0.29, 0.717) is 17.5 Å². The molecule has 2 aliphatic rings. The van der Waals surface area contributed by atoms with E-state index in [0.717, 1.165) is 28.0 Å². The zero-order valence-electron chi connectivity index (χ0n) is 28.6. The lowest BCUT2D eigenvalue weighted by Gasteiger charge is -2.23. The van der Waals surface area contributed by atoms with E-state index >= 15 is 0 Å². The highest BCUT2D eigenvalue weighted by Gasteiger charge is 2.36. The fourth-order valence-corrected chi connectivity index (χ4v) is 8.24. The maximum atomic E-state index is 6.31. The minimum Gasteiger partial charge on any atom is -0.485 e. The Bertz CT molecular complexity index is 2860. The van der Waals surface area contributed by atoms with Gasteiger partial charge in [-0.15, -0.1) is 0 Å². The van der Waals surface area contributed by atoms with Gasteiger partial charge in [0, 0.05) is 22.3 Å². The van der Waals surface area contributed by atoms with Crippen molar-refractivity contribution < 1.29 is 4.74 Å². The second kappa shape index (κ2) is 11.8. The van der Waals surface area contributed by atoms with Crippen LogP contribution in [0.25, 0.3) is 82.8 Å².